The number of anilines is 1. The van der Waals surface area contributed by atoms with Crippen molar-refractivity contribution in [1.82, 2.24) is 10.2 Å². The Bertz CT molecular complexity index is 597. The first-order valence-corrected chi connectivity index (χ1v) is 7.50. The zero-order chi connectivity index (χ0) is 13.5. The lowest BCUT2D eigenvalue weighted by Gasteiger charge is -2.23. The highest BCUT2D eigenvalue weighted by Crippen LogP contribution is 2.46. The molecule has 0 amide bonds. The molecule has 0 saturated heterocycles. The zero-order valence-electron chi connectivity index (χ0n) is 11.0. The van der Waals surface area contributed by atoms with Crippen LogP contribution in [-0.2, 0) is 5.41 Å². The Balaban J connectivity index is 2.17. The van der Waals surface area contributed by atoms with Gasteiger partial charge in [0.2, 0.25) is 0 Å². The molecule has 0 aliphatic heterocycles. The van der Waals surface area contributed by atoms with Crippen LogP contribution in [0.3, 0.4) is 0 Å². The Kier molecular flexibility index (Phi) is 3.13. The molecule has 0 radical (unpaired) electrons. The van der Waals surface area contributed by atoms with E-state index in [2.05, 4.69) is 39.1 Å². The Hall–Kier alpha value is -1.29. The molecule has 0 unspecified atom stereocenters. The number of aromatic amines is 1. The Labute approximate surface area is 121 Å². The number of nitrogens with zero attached hydrogens (tertiary/aromatic N) is 1. The molecule has 1 fully saturated rings. The first-order chi connectivity index (χ1) is 9.12. The summed E-state index contributed by atoms with van der Waals surface area (Å²) in [5.41, 5.74) is 9.66. The molecule has 1 heterocycles. The summed E-state index contributed by atoms with van der Waals surface area (Å²) in [4.78, 5) is 0. The van der Waals surface area contributed by atoms with E-state index >= 15 is 0 Å². The summed E-state index contributed by atoms with van der Waals surface area (Å²) in [6.07, 6.45) is 4.97. The van der Waals surface area contributed by atoms with Crippen molar-refractivity contribution in [2.24, 2.45) is 0 Å². The average Bonchev–Trinajstić information content (AvgIpc) is 2.98. The van der Waals surface area contributed by atoms with Crippen LogP contribution in [0.4, 0.5) is 5.82 Å². The third-order valence-electron chi connectivity index (χ3n) is 4.25. The lowest BCUT2D eigenvalue weighted by atomic mass is 9.81. The van der Waals surface area contributed by atoms with E-state index < -0.39 is 0 Å². The van der Waals surface area contributed by atoms with Gasteiger partial charge in [-0.25, -0.2) is 0 Å². The number of halogens is 1. The van der Waals surface area contributed by atoms with Crippen LogP contribution in [0.1, 0.15) is 38.3 Å². The SMILES string of the molecule is CC1(c2[nH]nc(N)c2-c2ccccc2Br)CCCC1. The van der Waals surface area contributed by atoms with Gasteiger partial charge in [0.25, 0.3) is 0 Å². The van der Waals surface area contributed by atoms with E-state index in [1.54, 1.807) is 0 Å². The second-order valence-corrected chi connectivity index (χ2v) is 6.46. The topological polar surface area (TPSA) is 54.7 Å². The Morgan fingerprint density at radius 3 is 2.63 bits per heavy atom. The molecule has 2 aromatic rings. The molecule has 19 heavy (non-hydrogen) atoms. The van der Waals surface area contributed by atoms with Crippen LogP contribution in [0.25, 0.3) is 11.1 Å². The smallest absolute Gasteiger partial charge is 0.153 e. The molecule has 3 nitrogen and oxygen atoms in total. The number of aromatic nitrogens is 2. The summed E-state index contributed by atoms with van der Waals surface area (Å²) in [7, 11) is 0. The fourth-order valence-corrected chi connectivity index (χ4v) is 3.62. The van der Waals surface area contributed by atoms with E-state index in [9.17, 15) is 0 Å². The molecule has 100 valence electrons. The summed E-state index contributed by atoms with van der Waals surface area (Å²) in [5, 5.41) is 7.44. The van der Waals surface area contributed by atoms with Crippen molar-refractivity contribution in [2.45, 2.75) is 38.0 Å². The van der Waals surface area contributed by atoms with Crippen LogP contribution in [0, 0.1) is 0 Å². The molecule has 0 atom stereocenters. The van der Waals surface area contributed by atoms with Crippen LogP contribution in [-0.4, -0.2) is 10.2 Å². The molecule has 1 saturated carbocycles. The highest BCUT2D eigenvalue weighted by Gasteiger charge is 2.35. The summed E-state index contributed by atoms with van der Waals surface area (Å²) in [6, 6.07) is 8.18. The fraction of sp³-hybridized carbons (Fsp3) is 0.400. The predicted octanol–water partition coefficient (Wildman–Crippen LogP) is 4.25. The minimum absolute atomic E-state index is 0.176. The number of benzene rings is 1. The van der Waals surface area contributed by atoms with Crippen LogP contribution in [0.5, 0.6) is 0 Å². The van der Waals surface area contributed by atoms with Crippen LogP contribution in [0.2, 0.25) is 0 Å². The summed E-state index contributed by atoms with van der Waals surface area (Å²) in [6.45, 7) is 2.31. The van der Waals surface area contributed by atoms with E-state index in [-0.39, 0.29) is 5.41 Å². The van der Waals surface area contributed by atoms with Crippen molar-refractivity contribution in [3.05, 3.63) is 34.4 Å². The standard InChI is InChI=1S/C15H18BrN3/c1-15(8-4-5-9-15)13-12(14(17)19-18-13)10-6-2-3-7-11(10)16/h2-3,6-7H,4-5,8-9H2,1H3,(H3,17,18,19). The first-order valence-electron chi connectivity index (χ1n) is 6.71. The van der Waals surface area contributed by atoms with Gasteiger partial charge in [-0.05, 0) is 18.9 Å². The van der Waals surface area contributed by atoms with Gasteiger partial charge in [0.15, 0.2) is 5.82 Å². The van der Waals surface area contributed by atoms with Crippen molar-refractivity contribution in [1.29, 1.82) is 0 Å². The third-order valence-corrected chi connectivity index (χ3v) is 4.94. The average molecular weight is 320 g/mol. The molecule has 3 rings (SSSR count). The molecule has 1 aliphatic rings. The van der Waals surface area contributed by atoms with Gasteiger partial charge in [0.05, 0.1) is 5.69 Å². The van der Waals surface area contributed by atoms with E-state index in [4.69, 9.17) is 5.73 Å². The van der Waals surface area contributed by atoms with Gasteiger partial charge in [0.1, 0.15) is 0 Å². The number of hydrogen-bond donors (Lipinski definition) is 2. The fourth-order valence-electron chi connectivity index (χ4n) is 3.13. The van der Waals surface area contributed by atoms with Gasteiger partial charge in [-0.15, -0.1) is 0 Å². The Morgan fingerprint density at radius 1 is 1.26 bits per heavy atom. The van der Waals surface area contributed by atoms with Gasteiger partial charge >= 0.3 is 0 Å². The molecule has 4 heteroatoms. The van der Waals surface area contributed by atoms with Gasteiger partial charge in [-0.2, -0.15) is 5.10 Å². The van der Waals surface area contributed by atoms with Crippen LogP contribution in [0.15, 0.2) is 28.7 Å². The highest BCUT2D eigenvalue weighted by molar-refractivity contribution is 9.10. The van der Waals surface area contributed by atoms with E-state index in [1.807, 2.05) is 18.2 Å². The lowest BCUT2D eigenvalue weighted by molar-refractivity contribution is 0.476. The number of nitrogens with two attached hydrogens (primary N) is 1. The lowest BCUT2D eigenvalue weighted by Crippen LogP contribution is -2.18. The predicted molar refractivity (Wildman–Crippen MR) is 82.0 cm³/mol. The number of nitrogen functional groups attached to an aromatic ring is 1. The van der Waals surface area contributed by atoms with Crippen LogP contribution >= 0.6 is 15.9 Å². The molecule has 3 N–H and O–H groups in total. The molecular formula is C15H18BrN3. The highest BCUT2D eigenvalue weighted by atomic mass is 79.9. The van der Waals surface area contributed by atoms with Crippen molar-refractivity contribution in [3.63, 3.8) is 0 Å². The van der Waals surface area contributed by atoms with E-state index in [1.165, 1.54) is 31.4 Å². The maximum atomic E-state index is 6.11. The summed E-state index contributed by atoms with van der Waals surface area (Å²) in [5.74, 6) is 0.593. The molecular weight excluding hydrogens is 302 g/mol. The molecule has 0 bridgehead atoms. The number of rotatable bonds is 2. The monoisotopic (exact) mass is 319 g/mol. The maximum Gasteiger partial charge on any atom is 0.153 e. The van der Waals surface area contributed by atoms with Gasteiger partial charge in [0, 0.05) is 21.0 Å². The minimum Gasteiger partial charge on any atom is -0.382 e. The minimum atomic E-state index is 0.176. The van der Waals surface area contributed by atoms with Gasteiger partial charge < -0.3 is 5.73 Å². The van der Waals surface area contributed by atoms with Crippen LogP contribution < -0.4 is 5.73 Å². The molecule has 1 aromatic carbocycles. The second kappa shape index (κ2) is 4.67. The van der Waals surface area contributed by atoms with Crippen molar-refractivity contribution in [3.8, 4) is 11.1 Å². The van der Waals surface area contributed by atoms with Gasteiger partial charge in [-0.3, -0.25) is 5.10 Å². The molecule has 1 aromatic heterocycles. The molecule has 0 spiro atoms. The Morgan fingerprint density at radius 2 is 1.95 bits per heavy atom. The van der Waals surface area contributed by atoms with Gasteiger partial charge in [-0.1, -0.05) is 53.9 Å². The maximum absolute atomic E-state index is 6.11. The third kappa shape index (κ3) is 2.08. The number of nitrogens with one attached hydrogen (secondary N) is 1. The van der Waals surface area contributed by atoms with Crippen molar-refractivity contribution in [2.75, 3.05) is 5.73 Å². The number of H-pyrrole nitrogens is 1. The largest absolute Gasteiger partial charge is 0.382 e. The second-order valence-electron chi connectivity index (χ2n) is 5.61. The normalized spacial score (nSPS) is 17.8. The van der Waals surface area contributed by atoms with E-state index in [0.29, 0.717) is 5.82 Å². The molecule has 1 aliphatic carbocycles. The van der Waals surface area contributed by atoms with Crippen molar-refractivity contribution < 1.29 is 0 Å². The van der Waals surface area contributed by atoms with E-state index in [0.717, 1.165) is 15.6 Å². The zero-order valence-corrected chi connectivity index (χ0v) is 12.6. The summed E-state index contributed by atoms with van der Waals surface area (Å²) >= 11 is 3.61. The first kappa shape index (κ1) is 12.7. The quantitative estimate of drug-likeness (QED) is 0.869. The van der Waals surface area contributed by atoms with Crippen molar-refractivity contribution >= 4 is 21.7 Å². The number of hydrogen-bond acceptors (Lipinski definition) is 2. The summed E-state index contributed by atoms with van der Waals surface area (Å²) < 4.78 is 1.06.